The number of benzene rings is 1. The first-order valence-electron chi connectivity index (χ1n) is 7.93. The Kier molecular flexibility index (Phi) is 3.96. The van der Waals surface area contributed by atoms with Crippen LogP contribution in [0.4, 0.5) is 4.39 Å². The molecule has 8 nitrogen and oxygen atoms in total. The number of fused-ring (bicyclic) bond motifs is 3. The van der Waals surface area contributed by atoms with E-state index in [9.17, 15) is 13.8 Å². The quantitative estimate of drug-likeness (QED) is 0.458. The summed E-state index contributed by atoms with van der Waals surface area (Å²) in [5.74, 6) is -1.02. The van der Waals surface area contributed by atoms with Crippen molar-refractivity contribution < 1.29 is 18.7 Å². The van der Waals surface area contributed by atoms with Crippen LogP contribution < -0.4 is 11.0 Å². The number of rotatable bonds is 3. The number of imidazole rings is 1. The van der Waals surface area contributed by atoms with Gasteiger partial charge in [-0.05, 0) is 36.8 Å². The second kappa shape index (κ2) is 6.09. The van der Waals surface area contributed by atoms with Crippen molar-refractivity contribution >= 4 is 35.0 Å². The third-order valence-corrected chi connectivity index (χ3v) is 5.25. The number of halogens is 1. The predicted molar refractivity (Wildman–Crippen MR) is 97.6 cm³/mol. The maximum Gasteiger partial charge on any atom is 0.359 e. The zero-order valence-corrected chi connectivity index (χ0v) is 14.9. The Hall–Kier alpha value is -2.87. The number of hydrogen-bond acceptors (Lipinski definition) is 4. The molecule has 0 unspecified atom stereocenters. The van der Waals surface area contributed by atoms with Gasteiger partial charge in [0.1, 0.15) is 5.82 Å². The largest absolute Gasteiger partial charge is 0.359 e. The maximum absolute atomic E-state index is 14.1. The number of aromatic amines is 1. The lowest BCUT2D eigenvalue weighted by Crippen LogP contribution is -2.18. The lowest BCUT2D eigenvalue weighted by atomic mass is 10.2. The average Bonchev–Trinajstić information content (AvgIpc) is 2.89. The Morgan fingerprint density at radius 3 is 2.74 bits per heavy atom. The molecule has 4 rings (SSSR count). The van der Waals surface area contributed by atoms with E-state index in [1.807, 2.05) is 13.0 Å². The third-order valence-electron chi connectivity index (χ3n) is 4.26. The van der Waals surface area contributed by atoms with Crippen molar-refractivity contribution in [2.24, 2.45) is 0 Å². The van der Waals surface area contributed by atoms with Gasteiger partial charge in [-0.15, -0.1) is 0 Å². The molecule has 0 bridgehead atoms. The number of aryl methyl sites for hydroxylation is 1. The summed E-state index contributed by atoms with van der Waals surface area (Å²) < 4.78 is 26.8. The lowest BCUT2D eigenvalue weighted by molar-refractivity contribution is 0.385. The summed E-state index contributed by atoms with van der Waals surface area (Å²) in [6.07, 6.45) is 1.51. The molecule has 3 heterocycles. The van der Waals surface area contributed by atoms with Crippen LogP contribution in [-0.2, 0) is 11.1 Å². The van der Waals surface area contributed by atoms with Crippen LogP contribution in [0, 0.1) is 12.7 Å². The van der Waals surface area contributed by atoms with Gasteiger partial charge in [0, 0.05) is 11.1 Å². The minimum absolute atomic E-state index is 0.0180. The van der Waals surface area contributed by atoms with Crippen molar-refractivity contribution in [3.05, 3.63) is 64.1 Å². The Bertz CT molecular complexity index is 1310. The van der Waals surface area contributed by atoms with Gasteiger partial charge in [-0.3, -0.25) is 9.13 Å². The molecule has 0 saturated carbocycles. The molecule has 0 spiro atoms. The van der Waals surface area contributed by atoms with E-state index >= 15 is 0 Å². The summed E-state index contributed by atoms with van der Waals surface area (Å²) in [5.41, 5.74) is 2.35. The molecule has 27 heavy (non-hydrogen) atoms. The number of hydrogen-bond donors (Lipinski definition) is 3. The summed E-state index contributed by atoms with van der Waals surface area (Å²) in [6, 6.07) is 7.06. The van der Waals surface area contributed by atoms with Crippen molar-refractivity contribution in [2.45, 2.75) is 13.5 Å². The topological polar surface area (TPSA) is 121 Å². The van der Waals surface area contributed by atoms with Crippen LogP contribution in [0.2, 0.25) is 0 Å². The fourth-order valence-electron chi connectivity index (χ4n) is 3.04. The third kappa shape index (κ3) is 3.06. The highest BCUT2D eigenvalue weighted by Gasteiger charge is 2.22. The van der Waals surface area contributed by atoms with Crippen molar-refractivity contribution in [3.63, 3.8) is 0 Å². The van der Waals surface area contributed by atoms with E-state index in [1.165, 1.54) is 16.8 Å². The molecule has 0 saturated heterocycles. The Morgan fingerprint density at radius 2 is 2.04 bits per heavy atom. The van der Waals surface area contributed by atoms with Crippen molar-refractivity contribution in [1.82, 2.24) is 19.5 Å². The van der Waals surface area contributed by atoms with Gasteiger partial charge in [0.05, 0.1) is 29.1 Å². The van der Waals surface area contributed by atoms with E-state index < -0.39 is 24.4 Å². The van der Waals surface area contributed by atoms with Gasteiger partial charge in [0.25, 0.3) is 0 Å². The molecule has 4 aromatic rings. The summed E-state index contributed by atoms with van der Waals surface area (Å²) in [7, 11) is -4.70. The van der Waals surface area contributed by atoms with Crippen LogP contribution in [0.3, 0.4) is 0 Å². The summed E-state index contributed by atoms with van der Waals surface area (Å²) in [4.78, 5) is 42.0. The number of aromatic nitrogens is 4. The predicted octanol–water partition coefficient (Wildman–Crippen LogP) is 1.57. The molecule has 0 atom stereocenters. The zero-order chi connectivity index (χ0) is 19.3. The number of H-pyrrole nitrogens is 1. The van der Waals surface area contributed by atoms with Gasteiger partial charge in [-0.25, -0.2) is 19.2 Å². The van der Waals surface area contributed by atoms with E-state index in [0.717, 1.165) is 17.8 Å². The standard InChI is InChI=1S/C17H14FN4O4P/c1-9-2-4-11-15-13(7-19-16(11)20-9)21-17(23)22(15)8-10-3-5-14(12(18)6-10)27(24,25)26/h2-7H,8H2,1H3,(H,21,23)(H2,24,25,26). The molecule has 1 aromatic carbocycles. The van der Waals surface area contributed by atoms with Crippen LogP contribution >= 0.6 is 7.60 Å². The molecule has 0 radical (unpaired) electrons. The van der Waals surface area contributed by atoms with Gasteiger partial charge in [-0.1, -0.05) is 6.07 Å². The first kappa shape index (κ1) is 17.5. The van der Waals surface area contributed by atoms with E-state index in [-0.39, 0.29) is 6.54 Å². The molecule has 0 amide bonds. The molecular formula is C17H14FN4O4P. The van der Waals surface area contributed by atoms with Crippen molar-refractivity contribution in [1.29, 1.82) is 0 Å². The van der Waals surface area contributed by atoms with E-state index in [4.69, 9.17) is 9.79 Å². The van der Waals surface area contributed by atoms with Gasteiger partial charge in [0.2, 0.25) is 0 Å². The minimum atomic E-state index is -4.70. The number of nitrogens with one attached hydrogen (secondary N) is 1. The van der Waals surface area contributed by atoms with Crippen LogP contribution in [0.1, 0.15) is 11.3 Å². The summed E-state index contributed by atoms with van der Waals surface area (Å²) in [6.45, 7) is 1.85. The number of pyridine rings is 2. The second-order valence-corrected chi connectivity index (χ2v) is 7.76. The fourth-order valence-corrected chi connectivity index (χ4v) is 3.65. The van der Waals surface area contributed by atoms with Gasteiger partial charge in [-0.2, -0.15) is 0 Å². The van der Waals surface area contributed by atoms with Crippen molar-refractivity contribution in [3.8, 4) is 0 Å². The monoisotopic (exact) mass is 388 g/mol. The maximum atomic E-state index is 14.1. The average molecular weight is 388 g/mol. The van der Waals surface area contributed by atoms with Gasteiger partial charge >= 0.3 is 13.3 Å². The summed E-state index contributed by atoms with van der Waals surface area (Å²) in [5, 5.41) is -0.00407. The molecule has 138 valence electrons. The fraction of sp³-hybridized carbons (Fsp3) is 0.118. The molecular weight excluding hydrogens is 374 g/mol. The molecule has 3 N–H and O–H groups in total. The van der Waals surface area contributed by atoms with E-state index in [1.54, 1.807) is 6.07 Å². The number of nitrogens with zero attached hydrogens (tertiary/aromatic N) is 3. The second-order valence-electron chi connectivity index (χ2n) is 6.19. The molecule has 0 fully saturated rings. The van der Waals surface area contributed by atoms with Crippen LogP contribution in [0.5, 0.6) is 0 Å². The Morgan fingerprint density at radius 1 is 1.26 bits per heavy atom. The molecule has 0 aliphatic heterocycles. The van der Waals surface area contributed by atoms with Crippen molar-refractivity contribution in [2.75, 3.05) is 0 Å². The highest BCUT2D eigenvalue weighted by atomic mass is 31.2. The highest BCUT2D eigenvalue weighted by molar-refractivity contribution is 7.60. The van der Waals surface area contributed by atoms with Crippen LogP contribution in [0.25, 0.3) is 22.1 Å². The van der Waals surface area contributed by atoms with Gasteiger partial charge < -0.3 is 14.8 Å². The Labute approximate surface area is 151 Å². The normalized spacial score (nSPS) is 12.1. The first-order valence-corrected chi connectivity index (χ1v) is 9.55. The smallest absolute Gasteiger partial charge is 0.321 e. The van der Waals surface area contributed by atoms with Gasteiger partial charge in [0.15, 0.2) is 5.65 Å². The molecule has 0 aliphatic rings. The molecule has 3 aromatic heterocycles. The van der Waals surface area contributed by atoms with Crippen LogP contribution in [0.15, 0.2) is 41.3 Å². The van der Waals surface area contributed by atoms with E-state index in [2.05, 4.69) is 15.0 Å². The molecule has 10 heteroatoms. The SMILES string of the molecule is Cc1ccc2c(ncc3[nH]c(=O)n(Cc4ccc(P(=O)(O)O)c(F)c4)c32)n1. The van der Waals surface area contributed by atoms with E-state index in [0.29, 0.717) is 27.6 Å². The first-order chi connectivity index (χ1) is 12.7. The highest BCUT2D eigenvalue weighted by Crippen LogP contribution is 2.34. The zero-order valence-electron chi connectivity index (χ0n) is 14.0. The minimum Gasteiger partial charge on any atom is -0.321 e. The lowest BCUT2D eigenvalue weighted by Gasteiger charge is -2.09. The summed E-state index contributed by atoms with van der Waals surface area (Å²) >= 11 is 0. The molecule has 0 aliphatic carbocycles. The Balaban J connectivity index is 1.87. The van der Waals surface area contributed by atoms with Crippen LogP contribution in [-0.4, -0.2) is 29.3 Å².